The molecule has 3 aromatic rings. The van der Waals surface area contributed by atoms with E-state index in [4.69, 9.17) is 5.73 Å². The molecule has 0 spiro atoms. The summed E-state index contributed by atoms with van der Waals surface area (Å²) in [6, 6.07) is 11.2. The lowest BCUT2D eigenvalue weighted by molar-refractivity contribution is 0.0787. The number of rotatable bonds is 2. The van der Waals surface area contributed by atoms with Crippen LogP contribution in [-0.4, -0.2) is 16.0 Å². The van der Waals surface area contributed by atoms with Gasteiger partial charge in [-0.15, -0.1) is 0 Å². The molecule has 0 bridgehead atoms. The molecule has 0 unspecified atom stereocenters. The molecule has 1 amide bonds. The highest BCUT2D eigenvalue weighted by Gasteiger charge is 2.18. The van der Waals surface area contributed by atoms with E-state index in [0.29, 0.717) is 5.56 Å². The van der Waals surface area contributed by atoms with Crippen LogP contribution in [0.1, 0.15) is 29.8 Å². The van der Waals surface area contributed by atoms with Crippen LogP contribution in [0.2, 0.25) is 0 Å². The molecule has 1 aromatic heterocycles. The van der Waals surface area contributed by atoms with Crippen LogP contribution in [0.3, 0.4) is 0 Å². The fourth-order valence-corrected chi connectivity index (χ4v) is 2.51. The summed E-state index contributed by atoms with van der Waals surface area (Å²) >= 11 is 0. The summed E-state index contributed by atoms with van der Waals surface area (Å²) in [5.74, 6) is -0.454. The maximum atomic E-state index is 11.5. The number of carbonyl (C=O) groups excluding carboxylic acids is 1. The predicted octanol–water partition coefficient (Wildman–Crippen LogP) is 2.65. The van der Waals surface area contributed by atoms with Gasteiger partial charge in [-0.05, 0) is 31.5 Å². The van der Waals surface area contributed by atoms with Gasteiger partial charge in [0.15, 0.2) is 0 Å². The van der Waals surface area contributed by atoms with Gasteiger partial charge in [0.2, 0.25) is 0 Å². The molecule has 20 heavy (non-hydrogen) atoms. The summed E-state index contributed by atoms with van der Waals surface area (Å²) in [5.41, 5.74) is 7.41. The van der Waals surface area contributed by atoms with Crippen molar-refractivity contribution in [2.45, 2.75) is 19.4 Å². The number of nitrogens with two attached hydrogens (primary N) is 1. The molecule has 0 aliphatic rings. The van der Waals surface area contributed by atoms with E-state index < -0.39 is 11.5 Å². The second kappa shape index (κ2) is 4.08. The van der Waals surface area contributed by atoms with Crippen molar-refractivity contribution in [3.63, 3.8) is 0 Å². The Kier molecular flexibility index (Phi) is 2.59. The molecule has 102 valence electrons. The molecule has 4 heteroatoms. The zero-order valence-corrected chi connectivity index (χ0v) is 11.4. The first-order valence-corrected chi connectivity index (χ1v) is 6.45. The van der Waals surface area contributed by atoms with Crippen LogP contribution < -0.4 is 5.73 Å². The molecule has 2 aromatic carbocycles. The number of hydrogen-bond donors (Lipinski definition) is 3. The van der Waals surface area contributed by atoms with Gasteiger partial charge in [-0.1, -0.05) is 24.3 Å². The third-order valence-corrected chi connectivity index (χ3v) is 3.61. The quantitative estimate of drug-likeness (QED) is 0.668. The van der Waals surface area contributed by atoms with Gasteiger partial charge in [-0.3, -0.25) is 4.79 Å². The minimum atomic E-state index is -0.905. The van der Waals surface area contributed by atoms with Gasteiger partial charge in [-0.2, -0.15) is 0 Å². The molecular formula is C16H16N2O2. The van der Waals surface area contributed by atoms with E-state index in [1.54, 1.807) is 19.9 Å². The summed E-state index contributed by atoms with van der Waals surface area (Å²) in [6.07, 6.45) is 0. The van der Waals surface area contributed by atoms with Gasteiger partial charge in [0.1, 0.15) is 0 Å². The van der Waals surface area contributed by atoms with Crippen molar-refractivity contribution in [1.82, 2.24) is 4.98 Å². The van der Waals surface area contributed by atoms with Crippen LogP contribution in [-0.2, 0) is 5.60 Å². The summed E-state index contributed by atoms with van der Waals surface area (Å²) in [6.45, 7) is 3.48. The number of carbonyl (C=O) groups is 1. The number of aromatic nitrogens is 1. The average Bonchev–Trinajstić information content (AvgIpc) is 2.74. The summed E-state index contributed by atoms with van der Waals surface area (Å²) < 4.78 is 0. The lowest BCUT2D eigenvalue weighted by Gasteiger charge is -2.17. The van der Waals surface area contributed by atoms with Crippen molar-refractivity contribution in [2.24, 2.45) is 5.73 Å². The zero-order chi connectivity index (χ0) is 14.5. The Morgan fingerprint density at radius 2 is 1.95 bits per heavy atom. The number of aromatic amines is 1. The molecular weight excluding hydrogens is 252 g/mol. The van der Waals surface area contributed by atoms with Gasteiger partial charge < -0.3 is 15.8 Å². The van der Waals surface area contributed by atoms with Crippen LogP contribution in [0.5, 0.6) is 0 Å². The Labute approximate surface area is 116 Å². The number of amides is 1. The molecule has 4 N–H and O–H groups in total. The molecule has 3 rings (SSSR count). The van der Waals surface area contributed by atoms with E-state index >= 15 is 0 Å². The van der Waals surface area contributed by atoms with Crippen LogP contribution in [0.4, 0.5) is 0 Å². The lowest BCUT2D eigenvalue weighted by atomic mass is 9.97. The van der Waals surface area contributed by atoms with Gasteiger partial charge in [-0.25, -0.2) is 0 Å². The van der Waals surface area contributed by atoms with Crippen LogP contribution in [0, 0.1) is 0 Å². The zero-order valence-electron chi connectivity index (χ0n) is 11.4. The molecule has 0 aliphatic carbocycles. The first-order chi connectivity index (χ1) is 9.38. The number of H-pyrrole nitrogens is 1. The van der Waals surface area contributed by atoms with Crippen molar-refractivity contribution in [1.29, 1.82) is 0 Å². The van der Waals surface area contributed by atoms with Crippen molar-refractivity contribution in [3.05, 3.63) is 47.5 Å². The highest BCUT2D eigenvalue weighted by atomic mass is 16.3. The number of hydrogen-bond acceptors (Lipinski definition) is 2. The van der Waals surface area contributed by atoms with Crippen LogP contribution >= 0.6 is 0 Å². The maximum Gasteiger partial charge on any atom is 0.250 e. The van der Waals surface area contributed by atoms with E-state index in [0.717, 1.165) is 27.4 Å². The molecule has 0 fully saturated rings. The fourth-order valence-electron chi connectivity index (χ4n) is 2.51. The summed E-state index contributed by atoms with van der Waals surface area (Å²) in [7, 11) is 0. The van der Waals surface area contributed by atoms with Crippen molar-refractivity contribution >= 4 is 27.7 Å². The Hall–Kier alpha value is -2.33. The van der Waals surface area contributed by atoms with Crippen LogP contribution in [0.15, 0.2) is 36.4 Å². The second-order valence-electron chi connectivity index (χ2n) is 5.54. The number of benzene rings is 2. The monoisotopic (exact) mass is 268 g/mol. The van der Waals surface area contributed by atoms with Gasteiger partial charge in [0, 0.05) is 16.3 Å². The van der Waals surface area contributed by atoms with Gasteiger partial charge in [0.25, 0.3) is 5.91 Å². The standard InChI is InChI=1S/C16H16N2O2/c1-16(2,20)9-6-7-10-11-4-3-5-12(15(17)19)14(11)18-13(10)8-9/h3-8,18,20H,1-2H3,(H2,17,19). The largest absolute Gasteiger partial charge is 0.386 e. The SMILES string of the molecule is CC(C)(O)c1ccc2c(c1)[nH]c1c(C(N)=O)cccc12. The van der Waals surface area contributed by atoms with E-state index in [2.05, 4.69) is 4.98 Å². The molecule has 0 saturated carbocycles. The molecule has 0 saturated heterocycles. The topological polar surface area (TPSA) is 79.1 Å². The molecule has 0 atom stereocenters. The third kappa shape index (κ3) is 1.85. The normalized spacial score (nSPS) is 12.2. The van der Waals surface area contributed by atoms with Gasteiger partial charge >= 0.3 is 0 Å². The Balaban J connectivity index is 2.36. The maximum absolute atomic E-state index is 11.5. The minimum absolute atomic E-state index is 0.454. The Bertz CT molecular complexity index is 825. The van der Waals surface area contributed by atoms with Crippen molar-refractivity contribution in [3.8, 4) is 0 Å². The number of nitrogens with one attached hydrogen (secondary N) is 1. The Morgan fingerprint density at radius 1 is 1.20 bits per heavy atom. The summed E-state index contributed by atoms with van der Waals surface area (Å²) in [4.78, 5) is 14.7. The van der Waals surface area contributed by atoms with E-state index in [-0.39, 0.29) is 0 Å². The molecule has 0 radical (unpaired) electrons. The first kappa shape index (κ1) is 12.7. The number of fused-ring (bicyclic) bond motifs is 3. The van der Waals surface area contributed by atoms with E-state index in [1.807, 2.05) is 30.3 Å². The lowest BCUT2D eigenvalue weighted by Crippen LogP contribution is -2.14. The average molecular weight is 268 g/mol. The van der Waals surface area contributed by atoms with Crippen molar-refractivity contribution in [2.75, 3.05) is 0 Å². The Morgan fingerprint density at radius 3 is 2.60 bits per heavy atom. The second-order valence-corrected chi connectivity index (χ2v) is 5.54. The summed E-state index contributed by atoms with van der Waals surface area (Å²) in [5, 5.41) is 12.0. The molecule has 4 nitrogen and oxygen atoms in total. The predicted molar refractivity (Wildman–Crippen MR) is 79.6 cm³/mol. The minimum Gasteiger partial charge on any atom is -0.386 e. The number of para-hydroxylation sites is 1. The molecule has 0 aliphatic heterocycles. The van der Waals surface area contributed by atoms with Crippen LogP contribution in [0.25, 0.3) is 21.8 Å². The molecule has 1 heterocycles. The third-order valence-electron chi connectivity index (χ3n) is 3.61. The smallest absolute Gasteiger partial charge is 0.250 e. The van der Waals surface area contributed by atoms with Gasteiger partial charge in [0.05, 0.1) is 16.7 Å². The number of primary amides is 1. The van der Waals surface area contributed by atoms with E-state index in [1.165, 1.54) is 0 Å². The highest BCUT2D eigenvalue weighted by molar-refractivity contribution is 6.14. The van der Waals surface area contributed by atoms with E-state index in [9.17, 15) is 9.90 Å². The first-order valence-electron chi connectivity index (χ1n) is 6.45. The highest BCUT2D eigenvalue weighted by Crippen LogP contribution is 2.30. The fraction of sp³-hybridized carbons (Fsp3) is 0.188. The number of aliphatic hydroxyl groups is 1. The van der Waals surface area contributed by atoms with Crippen molar-refractivity contribution < 1.29 is 9.90 Å².